The van der Waals surface area contributed by atoms with Crippen molar-refractivity contribution in [3.05, 3.63) is 69.9 Å². The summed E-state index contributed by atoms with van der Waals surface area (Å²) in [5.41, 5.74) is 8.04. The van der Waals surface area contributed by atoms with Crippen LogP contribution in [0.4, 0.5) is 0 Å². The molecule has 0 atom stereocenters. The summed E-state index contributed by atoms with van der Waals surface area (Å²) in [4.78, 5) is 0. The highest BCUT2D eigenvalue weighted by atomic mass is 16.7. The summed E-state index contributed by atoms with van der Waals surface area (Å²) >= 11 is 0. The Labute approximate surface area is 211 Å². The first kappa shape index (κ1) is 32.4. The second-order valence-electron chi connectivity index (χ2n) is 9.90. The van der Waals surface area contributed by atoms with E-state index in [2.05, 4.69) is 98.8 Å². The Balaban J connectivity index is 4.76. The summed E-state index contributed by atoms with van der Waals surface area (Å²) in [6.45, 7) is 20.7. The zero-order chi connectivity index (χ0) is 25.8. The summed E-state index contributed by atoms with van der Waals surface area (Å²) in [6.07, 6.45) is 19.5. The minimum atomic E-state index is -0.675. The predicted octanol–water partition coefficient (Wildman–Crippen LogP) is 9.10. The topological polar surface area (TPSA) is 27.7 Å². The molecule has 34 heavy (non-hydrogen) atoms. The Hall–Kier alpha value is -1.62. The smallest absolute Gasteiger partial charge is 0.382 e. The van der Waals surface area contributed by atoms with Crippen LogP contribution in [-0.2, 0) is 14.0 Å². The van der Waals surface area contributed by atoms with Gasteiger partial charge in [-0.15, -0.1) is 0 Å². The molecular weight excluding hydrogens is 419 g/mol. The van der Waals surface area contributed by atoms with Crippen molar-refractivity contribution >= 4 is 7.32 Å². The van der Waals surface area contributed by atoms with E-state index in [4.69, 9.17) is 14.0 Å². The molecule has 192 valence electrons. The Morgan fingerprint density at radius 1 is 0.441 bits per heavy atom. The third-order valence-corrected chi connectivity index (χ3v) is 5.27. The van der Waals surface area contributed by atoms with Crippen LogP contribution in [0.25, 0.3) is 0 Å². The van der Waals surface area contributed by atoms with Crippen LogP contribution >= 0.6 is 0 Å². The molecule has 0 unspecified atom stereocenters. The molecule has 0 bridgehead atoms. The fourth-order valence-electron chi connectivity index (χ4n) is 3.02. The molecule has 0 aromatic rings. The van der Waals surface area contributed by atoms with Gasteiger partial charge in [-0.3, -0.25) is 0 Å². The molecule has 0 aliphatic rings. The number of hydrogen-bond donors (Lipinski definition) is 0. The fraction of sp³-hybridized carbons (Fsp3) is 0.600. The van der Waals surface area contributed by atoms with Crippen molar-refractivity contribution in [3.63, 3.8) is 0 Å². The van der Waals surface area contributed by atoms with Gasteiger partial charge in [-0.1, -0.05) is 69.9 Å². The first-order valence-electron chi connectivity index (χ1n) is 12.8. The number of allylic oxidation sites excluding steroid dienone is 9. The Morgan fingerprint density at radius 2 is 0.706 bits per heavy atom. The Morgan fingerprint density at radius 3 is 0.941 bits per heavy atom. The average molecular weight is 471 g/mol. The molecule has 0 saturated heterocycles. The molecular formula is C30H51BO3. The Bertz CT molecular complexity index is 626. The second kappa shape index (κ2) is 20.7. The molecule has 0 aromatic carbocycles. The normalized spacial score (nSPS) is 12.4. The van der Waals surface area contributed by atoms with Gasteiger partial charge in [-0.25, -0.2) is 0 Å². The molecule has 0 spiro atoms. The molecule has 0 saturated carbocycles. The van der Waals surface area contributed by atoms with Crippen LogP contribution in [0.15, 0.2) is 69.9 Å². The van der Waals surface area contributed by atoms with Gasteiger partial charge >= 0.3 is 7.32 Å². The maximum Gasteiger partial charge on any atom is 0.640 e. The molecule has 0 rings (SSSR count). The highest BCUT2D eigenvalue weighted by Gasteiger charge is 2.19. The van der Waals surface area contributed by atoms with E-state index in [0.29, 0.717) is 19.8 Å². The quantitative estimate of drug-likeness (QED) is 0.148. The van der Waals surface area contributed by atoms with Gasteiger partial charge in [0.15, 0.2) is 0 Å². The lowest BCUT2D eigenvalue weighted by Crippen LogP contribution is -2.28. The first-order valence-corrected chi connectivity index (χ1v) is 12.8. The van der Waals surface area contributed by atoms with Crippen LogP contribution in [0.5, 0.6) is 0 Å². The van der Waals surface area contributed by atoms with E-state index in [9.17, 15) is 0 Å². The van der Waals surface area contributed by atoms with Gasteiger partial charge in [0.2, 0.25) is 0 Å². The van der Waals surface area contributed by atoms with Gasteiger partial charge in [0.1, 0.15) is 0 Å². The standard InChI is InChI=1S/C30H51BO3/c1-25(2)13-10-16-28(7)19-22-32-31(33-23-20-29(8)17-11-14-26(3)4)34-24-21-30(9)18-12-15-27(5)6/h13-15,19-21H,10-12,16-18,22-24H2,1-9H3/b28-19-,29-20-,30-21-. The molecule has 0 aromatic heterocycles. The lowest BCUT2D eigenvalue weighted by atomic mass is 10.1. The maximum absolute atomic E-state index is 5.92. The van der Waals surface area contributed by atoms with Gasteiger partial charge < -0.3 is 14.0 Å². The van der Waals surface area contributed by atoms with Crippen LogP contribution in [0, 0.1) is 0 Å². The van der Waals surface area contributed by atoms with Crippen molar-refractivity contribution in [3.8, 4) is 0 Å². The zero-order valence-corrected chi connectivity index (χ0v) is 23.6. The molecule has 0 fully saturated rings. The number of rotatable bonds is 18. The molecule has 0 N–H and O–H groups in total. The van der Waals surface area contributed by atoms with E-state index < -0.39 is 7.32 Å². The third kappa shape index (κ3) is 22.2. The Kier molecular flexibility index (Phi) is 19.7. The zero-order valence-electron chi connectivity index (χ0n) is 23.6. The summed E-state index contributed by atoms with van der Waals surface area (Å²) < 4.78 is 17.7. The van der Waals surface area contributed by atoms with E-state index in [-0.39, 0.29) is 0 Å². The van der Waals surface area contributed by atoms with Crippen molar-refractivity contribution in [2.45, 2.75) is 101 Å². The highest BCUT2D eigenvalue weighted by Crippen LogP contribution is 2.10. The highest BCUT2D eigenvalue weighted by molar-refractivity contribution is 6.36. The van der Waals surface area contributed by atoms with Gasteiger partial charge in [-0.2, -0.15) is 0 Å². The lowest BCUT2D eigenvalue weighted by molar-refractivity contribution is 0.122. The summed E-state index contributed by atoms with van der Waals surface area (Å²) in [5, 5.41) is 0. The minimum absolute atomic E-state index is 0.484. The van der Waals surface area contributed by atoms with Crippen molar-refractivity contribution in [1.29, 1.82) is 0 Å². The molecule has 0 heterocycles. The fourth-order valence-corrected chi connectivity index (χ4v) is 3.02. The van der Waals surface area contributed by atoms with E-state index in [1.807, 2.05) is 0 Å². The van der Waals surface area contributed by atoms with Crippen LogP contribution in [0.3, 0.4) is 0 Å². The second-order valence-corrected chi connectivity index (χ2v) is 9.90. The predicted molar refractivity (Wildman–Crippen MR) is 151 cm³/mol. The van der Waals surface area contributed by atoms with Crippen LogP contribution in [0.1, 0.15) is 101 Å². The van der Waals surface area contributed by atoms with Crippen molar-refractivity contribution < 1.29 is 14.0 Å². The molecule has 0 radical (unpaired) electrons. The molecule has 3 nitrogen and oxygen atoms in total. The van der Waals surface area contributed by atoms with Crippen LogP contribution in [0.2, 0.25) is 0 Å². The summed E-state index contributed by atoms with van der Waals surface area (Å²) in [6, 6.07) is 0. The van der Waals surface area contributed by atoms with Crippen molar-refractivity contribution in [2.24, 2.45) is 0 Å². The van der Waals surface area contributed by atoms with Gasteiger partial charge in [0, 0.05) is 0 Å². The molecule has 0 aliphatic heterocycles. The van der Waals surface area contributed by atoms with E-state index in [0.717, 1.165) is 38.5 Å². The van der Waals surface area contributed by atoms with E-state index in [1.165, 1.54) is 33.4 Å². The van der Waals surface area contributed by atoms with Crippen LogP contribution < -0.4 is 0 Å². The summed E-state index contributed by atoms with van der Waals surface area (Å²) in [5.74, 6) is 0. The lowest BCUT2D eigenvalue weighted by Gasteiger charge is -2.13. The summed E-state index contributed by atoms with van der Waals surface area (Å²) in [7, 11) is -0.675. The van der Waals surface area contributed by atoms with Crippen LogP contribution in [-0.4, -0.2) is 27.1 Å². The maximum atomic E-state index is 5.92. The van der Waals surface area contributed by atoms with Gasteiger partial charge in [0.05, 0.1) is 19.8 Å². The minimum Gasteiger partial charge on any atom is -0.382 e. The van der Waals surface area contributed by atoms with Gasteiger partial charge in [0.25, 0.3) is 0 Å². The van der Waals surface area contributed by atoms with Crippen molar-refractivity contribution in [2.75, 3.05) is 19.8 Å². The molecule has 4 heteroatoms. The molecule has 0 amide bonds. The first-order chi connectivity index (χ1) is 16.1. The number of hydrogen-bond acceptors (Lipinski definition) is 3. The van der Waals surface area contributed by atoms with E-state index >= 15 is 0 Å². The largest absolute Gasteiger partial charge is 0.640 e. The SMILES string of the molecule is CC(C)=CCC/C(C)=C\COB(OC/C=C(/C)CCC=C(C)C)OC/C=C(/C)CCC=C(C)C. The van der Waals surface area contributed by atoms with Gasteiger partial charge in [-0.05, 0) is 101 Å². The average Bonchev–Trinajstić information content (AvgIpc) is 2.72. The van der Waals surface area contributed by atoms with Crippen molar-refractivity contribution in [1.82, 2.24) is 0 Å². The third-order valence-electron chi connectivity index (χ3n) is 5.27. The molecule has 0 aliphatic carbocycles. The van der Waals surface area contributed by atoms with E-state index in [1.54, 1.807) is 0 Å². The monoisotopic (exact) mass is 470 g/mol.